The SMILES string of the molecule is CCCCCCCCc1ccccc1N(C)C(=O)CSCC. The Morgan fingerprint density at radius 2 is 1.73 bits per heavy atom. The number of aryl methyl sites for hydroxylation is 1. The van der Waals surface area contributed by atoms with Gasteiger partial charge < -0.3 is 4.90 Å². The molecule has 1 amide bonds. The van der Waals surface area contributed by atoms with Crippen molar-refractivity contribution in [1.82, 2.24) is 0 Å². The highest BCUT2D eigenvalue weighted by molar-refractivity contribution is 7.99. The maximum atomic E-state index is 12.2. The van der Waals surface area contributed by atoms with E-state index in [1.165, 1.54) is 44.1 Å². The van der Waals surface area contributed by atoms with Crippen LogP contribution in [-0.2, 0) is 11.2 Å². The van der Waals surface area contributed by atoms with Gasteiger partial charge in [0.25, 0.3) is 0 Å². The number of carbonyl (C=O) groups is 1. The fourth-order valence-electron chi connectivity index (χ4n) is 2.57. The van der Waals surface area contributed by atoms with Gasteiger partial charge in [0.05, 0.1) is 5.75 Å². The van der Waals surface area contributed by atoms with Crippen LogP contribution in [0.2, 0.25) is 0 Å². The Morgan fingerprint density at radius 1 is 1.05 bits per heavy atom. The highest BCUT2D eigenvalue weighted by atomic mass is 32.2. The molecule has 124 valence electrons. The van der Waals surface area contributed by atoms with Gasteiger partial charge in [-0.3, -0.25) is 4.79 Å². The second-order valence-electron chi connectivity index (χ2n) is 5.74. The van der Waals surface area contributed by atoms with Crippen LogP contribution < -0.4 is 4.90 Å². The highest BCUT2D eigenvalue weighted by Gasteiger charge is 2.13. The molecule has 0 aromatic heterocycles. The van der Waals surface area contributed by atoms with Crippen LogP contribution in [-0.4, -0.2) is 24.5 Å². The molecule has 0 radical (unpaired) electrons. The molecule has 0 fully saturated rings. The molecule has 0 N–H and O–H groups in total. The van der Waals surface area contributed by atoms with Crippen molar-refractivity contribution in [1.29, 1.82) is 0 Å². The smallest absolute Gasteiger partial charge is 0.236 e. The van der Waals surface area contributed by atoms with Crippen molar-refractivity contribution in [2.24, 2.45) is 0 Å². The number of hydrogen-bond acceptors (Lipinski definition) is 2. The van der Waals surface area contributed by atoms with E-state index in [-0.39, 0.29) is 5.91 Å². The molecule has 0 atom stereocenters. The predicted octanol–water partition coefficient (Wildman–Crippen LogP) is 5.31. The zero-order valence-electron chi connectivity index (χ0n) is 14.4. The van der Waals surface area contributed by atoms with E-state index in [1.807, 2.05) is 18.0 Å². The third kappa shape index (κ3) is 6.87. The van der Waals surface area contributed by atoms with E-state index in [4.69, 9.17) is 0 Å². The zero-order chi connectivity index (χ0) is 16.2. The number of nitrogens with zero attached hydrogens (tertiary/aromatic N) is 1. The average Bonchev–Trinajstić information content (AvgIpc) is 2.55. The quantitative estimate of drug-likeness (QED) is 0.515. The molecule has 22 heavy (non-hydrogen) atoms. The van der Waals surface area contributed by atoms with Crippen molar-refractivity contribution in [2.75, 3.05) is 23.5 Å². The van der Waals surface area contributed by atoms with E-state index < -0.39 is 0 Å². The van der Waals surface area contributed by atoms with Gasteiger partial charge in [-0.15, -0.1) is 0 Å². The summed E-state index contributed by atoms with van der Waals surface area (Å²) in [6.45, 7) is 4.34. The molecule has 1 aromatic carbocycles. The molecule has 3 heteroatoms. The molecule has 0 heterocycles. The first kappa shape index (κ1) is 19.1. The normalized spacial score (nSPS) is 10.7. The monoisotopic (exact) mass is 321 g/mol. The summed E-state index contributed by atoms with van der Waals surface area (Å²) in [6, 6.07) is 8.34. The Kier molecular flexibility index (Phi) is 10.1. The number of amides is 1. The van der Waals surface area contributed by atoms with Crippen LogP contribution in [0.25, 0.3) is 0 Å². The summed E-state index contributed by atoms with van der Waals surface area (Å²) in [6.07, 6.45) is 8.90. The van der Waals surface area contributed by atoms with Crippen LogP contribution in [0.4, 0.5) is 5.69 Å². The average molecular weight is 322 g/mol. The fourth-order valence-corrected chi connectivity index (χ4v) is 3.14. The van der Waals surface area contributed by atoms with Crippen molar-refractivity contribution in [2.45, 2.75) is 58.8 Å². The lowest BCUT2D eigenvalue weighted by Crippen LogP contribution is -2.28. The molecular formula is C19H31NOS. The molecule has 1 aromatic rings. The van der Waals surface area contributed by atoms with Gasteiger partial charge >= 0.3 is 0 Å². The van der Waals surface area contributed by atoms with Crippen LogP contribution in [0.1, 0.15) is 57.9 Å². The summed E-state index contributed by atoms with van der Waals surface area (Å²) in [7, 11) is 1.90. The van der Waals surface area contributed by atoms with Crippen molar-refractivity contribution in [3.8, 4) is 0 Å². The van der Waals surface area contributed by atoms with Crippen molar-refractivity contribution in [3.63, 3.8) is 0 Å². The van der Waals surface area contributed by atoms with Gasteiger partial charge in [0.1, 0.15) is 0 Å². The highest BCUT2D eigenvalue weighted by Crippen LogP contribution is 2.22. The van der Waals surface area contributed by atoms with E-state index in [0.29, 0.717) is 5.75 Å². The summed E-state index contributed by atoms with van der Waals surface area (Å²) in [5.74, 6) is 1.75. The van der Waals surface area contributed by atoms with Gasteiger partial charge in [-0.25, -0.2) is 0 Å². The molecular weight excluding hydrogens is 290 g/mol. The minimum atomic E-state index is 0.197. The number of para-hydroxylation sites is 1. The van der Waals surface area contributed by atoms with Crippen molar-refractivity contribution < 1.29 is 4.79 Å². The van der Waals surface area contributed by atoms with Gasteiger partial charge in [0.2, 0.25) is 5.91 Å². The second-order valence-corrected chi connectivity index (χ2v) is 7.01. The number of carbonyl (C=O) groups excluding carboxylic acids is 1. The van der Waals surface area contributed by atoms with E-state index >= 15 is 0 Å². The van der Waals surface area contributed by atoms with Crippen LogP contribution in [0.15, 0.2) is 24.3 Å². The van der Waals surface area contributed by atoms with Crippen LogP contribution >= 0.6 is 11.8 Å². The first-order valence-electron chi connectivity index (χ1n) is 8.62. The number of anilines is 1. The third-order valence-corrected chi connectivity index (χ3v) is 4.82. The van der Waals surface area contributed by atoms with Crippen molar-refractivity contribution in [3.05, 3.63) is 29.8 Å². The maximum absolute atomic E-state index is 12.2. The summed E-state index contributed by atoms with van der Waals surface area (Å²) >= 11 is 1.68. The molecule has 0 aliphatic rings. The molecule has 0 bridgehead atoms. The molecule has 0 aliphatic carbocycles. The van der Waals surface area contributed by atoms with E-state index in [1.54, 1.807) is 11.8 Å². The topological polar surface area (TPSA) is 20.3 Å². The first-order valence-corrected chi connectivity index (χ1v) is 9.78. The number of rotatable bonds is 11. The lowest BCUT2D eigenvalue weighted by molar-refractivity contribution is -0.115. The molecule has 2 nitrogen and oxygen atoms in total. The Bertz CT molecular complexity index is 433. The molecule has 0 aliphatic heterocycles. The van der Waals surface area contributed by atoms with Gasteiger partial charge in [0, 0.05) is 12.7 Å². The lowest BCUT2D eigenvalue weighted by Gasteiger charge is -2.20. The maximum Gasteiger partial charge on any atom is 0.236 e. The minimum Gasteiger partial charge on any atom is -0.315 e. The number of unbranched alkanes of at least 4 members (excludes halogenated alkanes) is 5. The minimum absolute atomic E-state index is 0.197. The largest absolute Gasteiger partial charge is 0.315 e. The van der Waals surface area contributed by atoms with E-state index in [9.17, 15) is 4.79 Å². The fraction of sp³-hybridized carbons (Fsp3) is 0.632. The third-order valence-electron chi connectivity index (χ3n) is 3.96. The Morgan fingerprint density at radius 3 is 2.45 bits per heavy atom. The zero-order valence-corrected chi connectivity index (χ0v) is 15.3. The summed E-state index contributed by atoms with van der Waals surface area (Å²) < 4.78 is 0. The lowest BCUT2D eigenvalue weighted by atomic mass is 10.0. The second kappa shape index (κ2) is 11.6. The van der Waals surface area contributed by atoms with Crippen LogP contribution in [0, 0.1) is 0 Å². The molecule has 0 spiro atoms. The van der Waals surface area contributed by atoms with Crippen LogP contribution in [0.5, 0.6) is 0 Å². The van der Waals surface area contributed by atoms with E-state index in [2.05, 4.69) is 32.0 Å². The van der Waals surface area contributed by atoms with E-state index in [0.717, 1.165) is 17.9 Å². The Balaban J connectivity index is 2.52. The summed E-state index contributed by atoms with van der Waals surface area (Å²) in [5, 5.41) is 0. The number of thioether (sulfide) groups is 1. The molecule has 0 saturated carbocycles. The molecule has 1 rings (SSSR count). The Hall–Kier alpha value is -0.960. The van der Waals surface area contributed by atoms with Gasteiger partial charge in [-0.05, 0) is 30.2 Å². The van der Waals surface area contributed by atoms with Gasteiger partial charge in [-0.1, -0.05) is 64.2 Å². The summed E-state index contributed by atoms with van der Waals surface area (Å²) in [4.78, 5) is 14.0. The van der Waals surface area contributed by atoms with Gasteiger partial charge in [0.15, 0.2) is 0 Å². The van der Waals surface area contributed by atoms with Gasteiger partial charge in [-0.2, -0.15) is 11.8 Å². The first-order chi connectivity index (χ1) is 10.7. The standard InChI is InChI=1S/C19H31NOS/c1-4-6-7-8-9-10-13-17-14-11-12-15-18(17)20(3)19(21)16-22-5-2/h11-12,14-15H,4-10,13,16H2,1-3H3. The van der Waals surface area contributed by atoms with Crippen molar-refractivity contribution >= 4 is 23.4 Å². The predicted molar refractivity (Wildman–Crippen MR) is 99.9 cm³/mol. The van der Waals surface area contributed by atoms with Crippen LogP contribution in [0.3, 0.4) is 0 Å². The molecule has 0 saturated heterocycles. The summed E-state index contributed by atoms with van der Waals surface area (Å²) in [5.41, 5.74) is 2.38. The number of hydrogen-bond donors (Lipinski definition) is 0. The molecule has 0 unspecified atom stereocenters. The number of benzene rings is 1. The Labute approximate surface area is 140 Å².